The summed E-state index contributed by atoms with van der Waals surface area (Å²) >= 11 is 0. The fraction of sp³-hybridized carbons (Fsp3) is 0.526. The third-order valence-corrected chi connectivity index (χ3v) is 4.62. The number of aromatic nitrogens is 3. The van der Waals surface area contributed by atoms with Crippen molar-refractivity contribution in [3.8, 4) is 0 Å². The number of carbonyl (C=O) groups excluding carboxylic acids is 2. The molecule has 0 fully saturated rings. The monoisotopic (exact) mass is 357 g/mol. The highest BCUT2D eigenvalue weighted by atomic mass is 16.2. The molecule has 0 radical (unpaired) electrons. The number of carbonyl (C=O) groups is 2. The van der Waals surface area contributed by atoms with Crippen molar-refractivity contribution in [2.24, 2.45) is 5.92 Å². The summed E-state index contributed by atoms with van der Waals surface area (Å²) in [6.07, 6.45) is 5.61. The van der Waals surface area contributed by atoms with E-state index < -0.39 is 0 Å². The molecule has 7 heteroatoms. The van der Waals surface area contributed by atoms with Crippen LogP contribution in [0.1, 0.15) is 48.6 Å². The predicted molar refractivity (Wildman–Crippen MR) is 98.5 cm³/mol. The van der Waals surface area contributed by atoms with E-state index >= 15 is 0 Å². The van der Waals surface area contributed by atoms with Gasteiger partial charge in [-0.3, -0.25) is 9.59 Å². The summed E-state index contributed by atoms with van der Waals surface area (Å²) in [7, 11) is 0. The van der Waals surface area contributed by atoms with E-state index in [1.165, 1.54) is 0 Å². The van der Waals surface area contributed by atoms with Crippen molar-refractivity contribution in [3.05, 3.63) is 41.7 Å². The number of nitrogens with one attached hydrogen (secondary N) is 2. The van der Waals surface area contributed by atoms with Gasteiger partial charge in [-0.15, -0.1) is 0 Å². The molecule has 0 saturated heterocycles. The van der Waals surface area contributed by atoms with Crippen molar-refractivity contribution in [2.75, 3.05) is 13.1 Å². The van der Waals surface area contributed by atoms with E-state index in [2.05, 4.69) is 29.1 Å². The molecule has 2 N–H and O–H groups in total. The van der Waals surface area contributed by atoms with Crippen LogP contribution in [0.5, 0.6) is 0 Å². The molecule has 0 aliphatic carbocycles. The van der Waals surface area contributed by atoms with Gasteiger partial charge < -0.3 is 19.8 Å². The van der Waals surface area contributed by atoms with Gasteiger partial charge in [0, 0.05) is 37.9 Å². The summed E-state index contributed by atoms with van der Waals surface area (Å²) in [4.78, 5) is 34.4. The number of imidazole rings is 1. The van der Waals surface area contributed by atoms with Crippen LogP contribution in [-0.2, 0) is 24.3 Å². The van der Waals surface area contributed by atoms with Gasteiger partial charge in [0.2, 0.25) is 5.91 Å². The summed E-state index contributed by atoms with van der Waals surface area (Å²) in [6.45, 7) is 6.65. The minimum Gasteiger partial charge on any atom is -0.365 e. The number of aromatic amines is 1. The Balaban J connectivity index is 1.67. The molecular weight excluding hydrogens is 330 g/mol. The predicted octanol–water partition coefficient (Wildman–Crippen LogP) is 1.96. The molecule has 2 aromatic heterocycles. The Labute approximate surface area is 153 Å². The standard InChI is InChI=1S/C19H27N5O2/c1-14(2)11-21-19(26)18-16-12-23(9-4-10-24(16)13-22-18)17(25)7-6-15-5-3-8-20-15/h3,5,8,13-14,20H,4,6-7,9-12H2,1-2H3,(H,21,26). The summed E-state index contributed by atoms with van der Waals surface area (Å²) in [5, 5.41) is 2.92. The Kier molecular flexibility index (Phi) is 5.75. The van der Waals surface area contributed by atoms with Gasteiger partial charge in [-0.2, -0.15) is 0 Å². The number of aryl methyl sites for hydroxylation is 2. The average Bonchev–Trinajstić information content (AvgIpc) is 3.22. The molecular formula is C19H27N5O2. The third-order valence-electron chi connectivity index (χ3n) is 4.62. The minimum absolute atomic E-state index is 0.114. The molecule has 140 valence electrons. The minimum atomic E-state index is -0.159. The van der Waals surface area contributed by atoms with Gasteiger partial charge in [-0.1, -0.05) is 13.8 Å². The van der Waals surface area contributed by atoms with E-state index in [1.54, 1.807) is 6.33 Å². The van der Waals surface area contributed by atoms with E-state index in [1.807, 2.05) is 27.8 Å². The molecule has 2 aromatic rings. The van der Waals surface area contributed by atoms with Crippen molar-refractivity contribution >= 4 is 11.8 Å². The van der Waals surface area contributed by atoms with Crippen LogP contribution in [0.25, 0.3) is 0 Å². The van der Waals surface area contributed by atoms with Crippen LogP contribution in [0.3, 0.4) is 0 Å². The van der Waals surface area contributed by atoms with E-state index in [-0.39, 0.29) is 11.8 Å². The largest absolute Gasteiger partial charge is 0.365 e. The van der Waals surface area contributed by atoms with Gasteiger partial charge in [0.25, 0.3) is 5.91 Å². The first-order valence-corrected chi connectivity index (χ1v) is 9.27. The summed E-state index contributed by atoms with van der Waals surface area (Å²) in [6, 6.07) is 3.92. The van der Waals surface area contributed by atoms with Crippen molar-refractivity contribution in [2.45, 2.75) is 46.2 Å². The van der Waals surface area contributed by atoms with Gasteiger partial charge >= 0.3 is 0 Å². The molecule has 0 atom stereocenters. The molecule has 0 spiro atoms. The molecule has 3 rings (SSSR count). The number of H-pyrrole nitrogens is 1. The van der Waals surface area contributed by atoms with Gasteiger partial charge in [-0.05, 0) is 30.9 Å². The van der Waals surface area contributed by atoms with Crippen LogP contribution in [0.15, 0.2) is 24.7 Å². The molecule has 7 nitrogen and oxygen atoms in total. The van der Waals surface area contributed by atoms with E-state index in [0.717, 1.165) is 24.4 Å². The van der Waals surface area contributed by atoms with Gasteiger partial charge in [0.05, 0.1) is 18.6 Å². The van der Waals surface area contributed by atoms with Crippen LogP contribution < -0.4 is 5.32 Å². The Hall–Kier alpha value is -2.57. The lowest BCUT2D eigenvalue weighted by atomic mass is 10.2. The van der Waals surface area contributed by atoms with Crippen molar-refractivity contribution in [1.82, 2.24) is 24.8 Å². The smallest absolute Gasteiger partial charge is 0.271 e. The zero-order valence-electron chi connectivity index (χ0n) is 15.5. The lowest BCUT2D eigenvalue weighted by Crippen LogP contribution is -2.33. The van der Waals surface area contributed by atoms with Crippen LogP contribution in [0, 0.1) is 5.92 Å². The van der Waals surface area contributed by atoms with Gasteiger partial charge in [0.15, 0.2) is 5.69 Å². The van der Waals surface area contributed by atoms with Crippen molar-refractivity contribution in [1.29, 1.82) is 0 Å². The SMILES string of the molecule is CC(C)CNC(=O)c1ncn2c1CN(C(=O)CCc1ccc[nH]1)CCC2. The molecule has 0 unspecified atom stereocenters. The lowest BCUT2D eigenvalue weighted by molar-refractivity contribution is -0.131. The maximum Gasteiger partial charge on any atom is 0.271 e. The van der Waals surface area contributed by atoms with Crippen LogP contribution in [0.2, 0.25) is 0 Å². The molecule has 0 bridgehead atoms. The molecule has 1 aliphatic rings. The van der Waals surface area contributed by atoms with E-state index in [4.69, 9.17) is 0 Å². The maximum absolute atomic E-state index is 12.7. The fourth-order valence-corrected chi connectivity index (χ4v) is 3.16. The van der Waals surface area contributed by atoms with E-state index in [9.17, 15) is 9.59 Å². The van der Waals surface area contributed by atoms with Crippen molar-refractivity contribution in [3.63, 3.8) is 0 Å². The second kappa shape index (κ2) is 8.21. The topological polar surface area (TPSA) is 83.0 Å². The molecule has 0 aromatic carbocycles. The molecule has 26 heavy (non-hydrogen) atoms. The molecule has 2 amide bonds. The summed E-state index contributed by atoms with van der Waals surface area (Å²) in [5.74, 6) is 0.335. The van der Waals surface area contributed by atoms with Crippen LogP contribution in [0.4, 0.5) is 0 Å². The highest BCUT2D eigenvalue weighted by Crippen LogP contribution is 2.17. The Morgan fingerprint density at radius 2 is 2.19 bits per heavy atom. The van der Waals surface area contributed by atoms with E-state index in [0.29, 0.717) is 44.1 Å². The molecule has 3 heterocycles. The van der Waals surface area contributed by atoms with Crippen LogP contribution >= 0.6 is 0 Å². The number of nitrogens with zero attached hydrogens (tertiary/aromatic N) is 3. The second-order valence-electron chi connectivity index (χ2n) is 7.20. The quantitative estimate of drug-likeness (QED) is 0.829. The number of rotatable bonds is 6. The Morgan fingerprint density at radius 1 is 1.35 bits per heavy atom. The number of amides is 2. The fourth-order valence-electron chi connectivity index (χ4n) is 3.16. The highest BCUT2D eigenvalue weighted by Gasteiger charge is 2.25. The summed E-state index contributed by atoms with van der Waals surface area (Å²) in [5.41, 5.74) is 2.33. The molecule has 1 aliphatic heterocycles. The van der Waals surface area contributed by atoms with Gasteiger partial charge in [-0.25, -0.2) is 4.98 Å². The average molecular weight is 357 g/mol. The highest BCUT2D eigenvalue weighted by molar-refractivity contribution is 5.93. The Bertz CT molecular complexity index is 748. The zero-order chi connectivity index (χ0) is 18.5. The summed E-state index contributed by atoms with van der Waals surface area (Å²) < 4.78 is 2.00. The number of fused-ring (bicyclic) bond motifs is 1. The third kappa shape index (κ3) is 4.33. The first kappa shape index (κ1) is 18.2. The lowest BCUT2D eigenvalue weighted by Gasteiger charge is -2.20. The second-order valence-corrected chi connectivity index (χ2v) is 7.20. The first-order chi connectivity index (χ1) is 12.5. The molecule has 0 saturated carbocycles. The normalized spacial score (nSPS) is 14.2. The van der Waals surface area contributed by atoms with Crippen molar-refractivity contribution < 1.29 is 9.59 Å². The number of hydrogen-bond acceptors (Lipinski definition) is 3. The maximum atomic E-state index is 12.7. The first-order valence-electron chi connectivity index (χ1n) is 9.27. The number of hydrogen-bond donors (Lipinski definition) is 2. The van der Waals surface area contributed by atoms with Gasteiger partial charge in [0.1, 0.15) is 0 Å². The Morgan fingerprint density at radius 3 is 2.92 bits per heavy atom. The zero-order valence-corrected chi connectivity index (χ0v) is 15.5. The van der Waals surface area contributed by atoms with Crippen LogP contribution in [-0.4, -0.2) is 44.3 Å².